The number of nitrogen functional groups attached to an aromatic ring is 1. The first-order valence-electron chi connectivity index (χ1n) is 7.18. The zero-order valence-electron chi connectivity index (χ0n) is 11.9. The SMILES string of the molecule is CCOC1(c2noc(-c3ccc(Cl)cc3N)n2)CCCC1. The third-order valence-electron chi connectivity index (χ3n) is 3.91. The van der Waals surface area contributed by atoms with Crippen LogP contribution in [0.3, 0.4) is 0 Å². The van der Waals surface area contributed by atoms with Crippen molar-refractivity contribution in [1.82, 2.24) is 10.1 Å². The van der Waals surface area contributed by atoms with Gasteiger partial charge in [-0.2, -0.15) is 4.98 Å². The van der Waals surface area contributed by atoms with Gasteiger partial charge < -0.3 is 15.0 Å². The van der Waals surface area contributed by atoms with E-state index in [4.69, 9.17) is 26.6 Å². The van der Waals surface area contributed by atoms with E-state index in [1.807, 2.05) is 6.92 Å². The first-order valence-corrected chi connectivity index (χ1v) is 7.56. The fraction of sp³-hybridized carbons (Fsp3) is 0.467. The maximum absolute atomic E-state index is 5.96. The van der Waals surface area contributed by atoms with Gasteiger partial charge in [-0.05, 0) is 50.8 Å². The standard InChI is InChI=1S/C15H18ClN3O2/c1-2-20-15(7-3-4-8-15)14-18-13(21-19-14)11-6-5-10(16)9-12(11)17/h5-6,9H,2-4,7-8,17H2,1H3. The topological polar surface area (TPSA) is 74.2 Å². The molecule has 2 N–H and O–H groups in total. The average molecular weight is 308 g/mol. The van der Waals surface area contributed by atoms with Crippen molar-refractivity contribution in [2.45, 2.75) is 38.2 Å². The average Bonchev–Trinajstić information content (AvgIpc) is 3.08. The third-order valence-corrected chi connectivity index (χ3v) is 4.14. The van der Waals surface area contributed by atoms with E-state index < -0.39 is 5.60 Å². The van der Waals surface area contributed by atoms with Gasteiger partial charge in [0.15, 0.2) is 0 Å². The molecule has 1 saturated carbocycles. The Hall–Kier alpha value is -1.59. The minimum absolute atomic E-state index is 0.405. The van der Waals surface area contributed by atoms with Gasteiger partial charge in [0.2, 0.25) is 5.82 Å². The Kier molecular flexibility index (Phi) is 3.87. The molecule has 0 amide bonds. The van der Waals surface area contributed by atoms with Crippen LogP contribution in [0.5, 0.6) is 0 Å². The van der Waals surface area contributed by atoms with Crippen LogP contribution in [0.25, 0.3) is 11.5 Å². The van der Waals surface area contributed by atoms with E-state index in [-0.39, 0.29) is 0 Å². The molecule has 0 saturated heterocycles. The predicted octanol–water partition coefficient (Wildman–Crippen LogP) is 3.78. The lowest BCUT2D eigenvalue weighted by Crippen LogP contribution is -2.27. The molecule has 1 aromatic heterocycles. The second-order valence-electron chi connectivity index (χ2n) is 5.29. The molecule has 1 aliphatic carbocycles. The van der Waals surface area contributed by atoms with E-state index in [1.54, 1.807) is 18.2 Å². The van der Waals surface area contributed by atoms with Crippen LogP contribution in [0.2, 0.25) is 5.02 Å². The fourth-order valence-electron chi connectivity index (χ4n) is 2.90. The molecule has 0 spiro atoms. The number of nitrogens with zero attached hydrogens (tertiary/aromatic N) is 2. The molecular weight excluding hydrogens is 290 g/mol. The van der Waals surface area contributed by atoms with E-state index in [1.165, 1.54) is 0 Å². The molecule has 0 atom stereocenters. The van der Waals surface area contributed by atoms with Crippen molar-refractivity contribution >= 4 is 17.3 Å². The molecule has 2 aromatic rings. The maximum Gasteiger partial charge on any atom is 0.260 e. The van der Waals surface area contributed by atoms with E-state index in [0.29, 0.717) is 34.6 Å². The molecule has 5 nitrogen and oxygen atoms in total. The molecule has 3 rings (SSSR count). The Balaban J connectivity index is 1.95. The first kappa shape index (κ1) is 14.4. The zero-order chi connectivity index (χ0) is 14.9. The molecule has 1 fully saturated rings. The monoisotopic (exact) mass is 307 g/mol. The van der Waals surface area contributed by atoms with Crippen LogP contribution in [-0.2, 0) is 10.3 Å². The minimum Gasteiger partial charge on any atom is -0.398 e. The van der Waals surface area contributed by atoms with E-state index in [9.17, 15) is 0 Å². The number of rotatable bonds is 4. The van der Waals surface area contributed by atoms with Gasteiger partial charge in [-0.15, -0.1) is 0 Å². The molecule has 0 unspecified atom stereocenters. The lowest BCUT2D eigenvalue weighted by atomic mass is 10.0. The second kappa shape index (κ2) is 5.66. The number of nitrogens with two attached hydrogens (primary N) is 1. The van der Waals surface area contributed by atoms with Crippen molar-refractivity contribution in [3.63, 3.8) is 0 Å². The third kappa shape index (κ3) is 2.63. The van der Waals surface area contributed by atoms with E-state index >= 15 is 0 Å². The molecular formula is C15H18ClN3O2. The summed E-state index contributed by atoms with van der Waals surface area (Å²) in [5.41, 5.74) is 6.78. The van der Waals surface area contributed by atoms with Crippen molar-refractivity contribution in [3.05, 3.63) is 29.0 Å². The molecule has 1 heterocycles. The summed E-state index contributed by atoms with van der Waals surface area (Å²) >= 11 is 5.91. The lowest BCUT2D eigenvalue weighted by Gasteiger charge is -2.24. The Morgan fingerprint density at radius 1 is 1.38 bits per heavy atom. The normalized spacial score (nSPS) is 17.2. The molecule has 1 aliphatic rings. The molecule has 1 aromatic carbocycles. The lowest BCUT2D eigenvalue weighted by molar-refractivity contribution is -0.0469. The summed E-state index contributed by atoms with van der Waals surface area (Å²) in [7, 11) is 0. The van der Waals surface area contributed by atoms with Crippen molar-refractivity contribution in [2.24, 2.45) is 0 Å². The minimum atomic E-state index is -0.405. The highest BCUT2D eigenvalue weighted by Crippen LogP contribution is 2.41. The van der Waals surface area contributed by atoms with Gasteiger partial charge in [0, 0.05) is 17.3 Å². The van der Waals surface area contributed by atoms with Crippen LogP contribution < -0.4 is 5.73 Å². The van der Waals surface area contributed by atoms with Crippen LogP contribution >= 0.6 is 11.6 Å². The zero-order valence-corrected chi connectivity index (χ0v) is 12.7. The second-order valence-corrected chi connectivity index (χ2v) is 5.73. The molecule has 0 aliphatic heterocycles. The van der Waals surface area contributed by atoms with E-state index in [0.717, 1.165) is 25.7 Å². The van der Waals surface area contributed by atoms with Crippen LogP contribution in [-0.4, -0.2) is 16.7 Å². The van der Waals surface area contributed by atoms with Crippen molar-refractivity contribution in [1.29, 1.82) is 0 Å². The number of ether oxygens (including phenoxy) is 1. The summed E-state index contributed by atoms with van der Waals surface area (Å²) in [4.78, 5) is 4.52. The maximum atomic E-state index is 5.96. The highest BCUT2D eigenvalue weighted by atomic mass is 35.5. The van der Waals surface area contributed by atoms with Crippen molar-refractivity contribution in [2.75, 3.05) is 12.3 Å². The summed E-state index contributed by atoms with van der Waals surface area (Å²) in [6, 6.07) is 5.22. The van der Waals surface area contributed by atoms with Crippen LogP contribution in [0.15, 0.2) is 22.7 Å². The van der Waals surface area contributed by atoms with Gasteiger partial charge in [-0.1, -0.05) is 16.8 Å². The largest absolute Gasteiger partial charge is 0.398 e. The van der Waals surface area contributed by atoms with Gasteiger partial charge in [0.25, 0.3) is 5.89 Å². The van der Waals surface area contributed by atoms with Crippen molar-refractivity contribution in [3.8, 4) is 11.5 Å². The van der Waals surface area contributed by atoms with Gasteiger partial charge in [0.05, 0.1) is 5.56 Å². The molecule has 0 bridgehead atoms. The van der Waals surface area contributed by atoms with Gasteiger partial charge in [-0.3, -0.25) is 0 Å². The Bertz CT molecular complexity index is 636. The van der Waals surface area contributed by atoms with Crippen LogP contribution in [0.4, 0.5) is 5.69 Å². The summed E-state index contributed by atoms with van der Waals surface area (Å²) in [5, 5.41) is 4.71. The number of anilines is 1. The first-order chi connectivity index (χ1) is 10.1. The quantitative estimate of drug-likeness (QED) is 0.870. The van der Waals surface area contributed by atoms with Crippen LogP contribution in [0.1, 0.15) is 38.4 Å². The predicted molar refractivity (Wildman–Crippen MR) is 80.9 cm³/mol. The van der Waals surface area contributed by atoms with Gasteiger partial charge >= 0.3 is 0 Å². The summed E-state index contributed by atoms with van der Waals surface area (Å²) in [6.45, 7) is 2.62. The molecule has 112 valence electrons. The fourth-order valence-corrected chi connectivity index (χ4v) is 3.08. The number of halogens is 1. The highest BCUT2D eigenvalue weighted by molar-refractivity contribution is 6.31. The summed E-state index contributed by atoms with van der Waals surface area (Å²) in [5.74, 6) is 1.02. The number of hydrogen-bond acceptors (Lipinski definition) is 5. The van der Waals surface area contributed by atoms with Gasteiger partial charge in [-0.25, -0.2) is 0 Å². The number of aromatic nitrogens is 2. The summed E-state index contributed by atoms with van der Waals surface area (Å²) < 4.78 is 11.3. The molecule has 21 heavy (non-hydrogen) atoms. The molecule has 6 heteroatoms. The number of benzene rings is 1. The number of hydrogen-bond donors (Lipinski definition) is 1. The molecule has 0 radical (unpaired) electrons. The Morgan fingerprint density at radius 3 is 2.81 bits per heavy atom. The highest BCUT2D eigenvalue weighted by Gasteiger charge is 2.41. The Labute approximate surface area is 128 Å². The smallest absolute Gasteiger partial charge is 0.260 e. The van der Waals surface area contributed by atoms with Crippen molar-refractivity contribution < 1.29 is 9.26 Å². The van der Waals surface area contributed by atoms with Crippen LogP contribution in [0, 0.1) is 0 Å². The Morgan fingerprint density at radius 2 is 2.14 bits per heavy atom. The summed E-state index contributed by atoms with van der Waals surface area (Å²) in [6.07, 6.45) is 4.09. The van der Waals surface area contributed by atoms with Gasteiger partial charge in [0.1, 0.15) is 5.60 Å². The van der Waals surface area contributed by atoms with E-state index in [2.05, 4.69) is 10.1 Å².